The molecule has 1 fully saturated rings. The minimum atomic E-state index is -4.88. The van der Waals surface area contributed by atoms with Crippen molar-refractivity contribution < 1.29 is 35.9 Å². The predicted octanol–water partition coefficient (Wildman–Crippen LogP) is 9.69. The highest BCUT2D eigenvalue weighted by atomic mass is 35.5. The van der Waals surface area contributed by atoms with E-state index < -0.39 is 30.1 Å². The highest BCUT2D eigenvalue weighted by Gasteiger charge is 2.41. The van der Waals surface area contributed by atoms with Gasteiger partial charge >= 0.3 is 12.5 Å². The molecule has 8 nitrogen and oxygen atoms in total. The Labute approximate surface area is 295 Å². The standard InChI is InChI=1S/C34H36Cl2F6N6O2/c1-32(2,3)18-43-17-19-5-10-24(35)29(28(19)36)46-31-45-25-15-23(30(49)44-21-6-8-22(9-7-21)50-34(40,41)42)26(16-27(25)47(31)4)48-13-11-20(12-14-48)33(37,38)39/h5-10,15-16,20,43H,11-14,17-18H2,1-4H3,(H,44,49)(H,45,46). The number of nitrogens with one attached hydrogen (secondary N) is 3. The fourth-order valence-electron chi connectivity index (χ4n) is 5.70. The highest BCUT2D eigenvalue weighted by molar-refractivity contribution is 6.39. The summed E-state index contributed by atoms with van der Waals surface area (Å²) < 4.78 is 83.9. The lowest BCUT2D eigenvalue weighted by molar-refractivity contribution is -0.274. The number of fused-ring (bicyclic) bond motifs is 1. The van der Waals surface area contributed by atoms with Gasteiger partial charge in [-0.3, -0.25) is 4.79 Å². The number of anilines is 4. The van der Waals surface area contributed by atoms with E-state index in [4.69, 9.17) is 23.2 Å². The summed E-state index contributed by atoms with van der Waals surface area (Å²) in [6.07, 6.45) is -9.52. The van der Waals surface area contributed by atoms with Gasteiger partial charge in [-0.05, 0) is 66.3 Å². The van der Waals surface area contributed by atoms with Gasteiger partial charge < -0.3 is 30.2 Å². The second-order valence-corrected chi connectivity index (χ2v) is 14.2. The van der Waals surface area contributed by atoms with Crippen LogP contribution in [0.1, 0.15) is 49.5 Å². The molecule has 1 aliphatic heterocycles. The molecule has 3 N–H and O–H groups in total. The van der Waals surface area contributed by atoms with E-state index in [-0.39, 0.29) is 42.6 Å². The molecule has 270 valence electrons. The first-order valence-electron chi connectivity index (χ1n) is 15.7. The molecule has 2 heterocycles. The molecule has 0 atom stereocenters. The molecular weight excluding hydrogens is 709 g/mol. The Bertz CT molecular complexity index is 1850. The van der Waals surface area contributed by atoms with E-state index in [1.54, 1.807) is 28.6 Å². The van der Waals surface area contributed by atoms with Crippen LogP contribution in [0.4, 0.5) is 49.4 Å². The number of aryl methyl sites for hydroxylation is 1. The van der Waals surface area contributed by atoms with E-state index in [9.17, 15) is 31.1 Å². The number of alkyl halides is 6. The molecule has 0 radical (unpaired) electrons. The number of hydrogen-bond acceptors (Lipinski definition) is 6. The smallest absolute Gasteiger partial charge is 0.406 e. The first-order valence-corrected chi connectivity index (χ1v) is 16.5. The van der Waals surface area contributed by atoms with Gasteiger partial charge in [0.2, 0.25) is 5.95 Å². The van der Waals surface area contributed by atoms with E-state index in [0.717, 1.165) is 24.2 Å². The maximum absolute atomic E-state index is 13.7. The third kappa shape index (κ3) is 9.07. The summed E-state index contributed by atoms with van der Waals surface area (Å²) in [4.78, 5) is 20.1. The Balaban J connectivity index is 1.48. The largest absolute Gasteiger partial charge is 0.573 e. The molecule has 3 aromatic carbocycles. The highest BCUT2D eigenvalue weighted by Crippen LogP contribution is 2.39. The molecule has 0 aliphatic carbocycles. The summed E-state index contributed by atoms with van der Waals surface area (Å²) in [6, 6.07) is 11.4. The Morgan fingerprint density at radius 2 is 1.64 bits per heavy atom. The third-order valence-corrected chi connectivity index (χ3v) is 9.01. The fraction of sp³-hybridized carbons (Fsp3) is 0.412. The van der Waals surface area contributed by atoms with Gasteiger partial charge in [0.05, 0.1) is 43.9 Å². The van der Waals surface area contributed by atoms with E-state index >= 15 is 0 Å². The Morgan fingerprint density at radius 1 is 0.980 bits per heavy atom. The van der Waals surface area contributed by atoms with Crippen LogP contribution in [0.2, 0.25) is 10.0 Å². The zero-order valence-corrected chi connectivity index (χ0v) is 29.1. The summed E-state index contributed by atoms with van der Waals surface area (Å²) in [6.45, 7) is 7.68. The quantitative estimate of drug-likeness (QED) is 0.148. The first kappa shape index (κ1) is 37.4. The lowest BCUT2D eigenvalue weighted by Gasteiger charge is -2.35. The Morgan fingerprint density at radius 3 is 2.24 bits per heavy atom. The summed E-state index contributed by atoms with van der Waals surface area (Å²) in [5.74, 6) is -2.22. The zero-order chi connectivity index (χ0) is 36.6. The number of imidazole rings is 1. The van der Waals surface area contributed by atoms with Crippen molar-refractivity contribution in [1.29, 1.82) is 0 Å². The van der Waals surface area contributed by atoms with E-state index in [2.05, 4.69) is 46.4 Å². The number of halogens is 8. The molecule has 1 aromatic heterocycles. The van der Waals surface area contributed by atoms with E-state index in [1.807, 2.05) is 6.07 Å². The summed E-state index contributed by atoms with van der Waals surface area (Å²) >= 11 is 13.4. The van der Waals surface area contributed by atoms with Crippen molar-refractivity contribution in [2.24, 2.45) is 18.4 Å². The maximum Gasteiger partial charge on any atom is 0.573 e. The first-order chi connectivity index (χ1) is 23.3. The molecule has 0 spiro atoms. The molecule has 1 aliphatic rings. The van der Waals surface area contributed by atoms with Gasteiger partial charge in [-0.1, -0.05) is 50.0 Å². The monoisotopic (exact) mass is 744 g/mol. The maximum atomic E-state index is 13.7. The number of hydrogen-bond donors (Lipinski definition) is 3. The van der Waals surface area contributed by atoms with Gasteiger partial charge in [0.15, 0.2) is 0 Å². The van der Waals surface area contributed by atoms with Crippen LogP contribution in [0, 0.1) is 11.3 Å². The third-order valence-electron chi connectivity index (χ3n) is 8.27. The minimum absolute atomic E-state index is 0.0453. The van der Waals surface area contributed by atoms with Crippen molar-refractivity contribution in [3.63, 3.8) is 0 Å². The van der Waals surface area contributed by atoms with Gasteiger partial charge in [-0.25, -0.2) is 4.98 Å². The topological polar surface area (TPSA) is 83.5 Å². The summed E-state index contributed by atoms with van der Waals surface area (Å²) in [5, 5.41) is 10.00. The van der Waals surface area contributed by atoms with Crippen molar-refractivity contribution in [2.45, 2.75) is 52.7 Å². The average Bonchev–Trinajstić information content (AvgIpc) is 3.32. The van der Waals surface area contributed by atoms with Crippen LogP contribution in [0.5, 0.6) is 5.75 Å². The number of ether oxygens (including phenoxy) is 1. The van der Waals surface area contributed by atoms with E-state index in [1.165, 1.54) is 18.2 Å². The normalized spacial score (nSPS) is 14.7. The number of benzene rings is 3. The summed E-state index contributed by atoms with van der Waals surface area (Å²) in [7, 11) is 1.73. The number of carbonyl (C=O) groups is 1. The molecule has 50 heavy (non-hydrogen) atoms. The molecule has 16 heteroatoms. The van der Waals surface area contributed by atoms with Crippen LogP contribution in [-0.2, 0) is 13.6 Å². The number of nitrogens with zero attached hydrogens (tertiary/aromatic N) is 3. The van der Waals surface area contributed by atoms with Gasteiger partial charge in [0.1, 0.15) is 5.75 Å². The van der Waals surface area contributed by atoms with Gasteiger partial charge in [0.25, 0.3) is 5.91 Å². The van der Waals surface area contributed by atoms with Crippen LogP contribution in [-0.4, -0.2) is 47.6 Å². The molecule has 0 bridgehead atoms. The van der Waals surface area contributed by atoms with Crippen LogP contribution in [0.15, 0.2) is 48.5 Å². The van der Waals surface area contributed by atoms with Crippen molar-refractivity contribution in [3.05, 3.63) is 69.7 Å². The van der Waals surface area contributed by atoms with Crippen LogP contribution < -0.4 is 25.6 Å². The fourth-order valence-corrected chi connectivity index (χ4v) is 6.23. The van der Waals surface area contributed by atoms with Crippen molar-refractivity contribution in [2.75, 3.05) is 35.2 Å². The lowest BCUT2D eigenvalue weighted by atomic mass is 9.95. The SMILES string of the molecule is Cn1c(Nc2c(Cl)ccc(CNCC(C)(C)C)c2Cl)nc2cc(C(=O)Nc3ccc(OC(F)(F)F)cc3)c(N3CCC(C(F)(F)F)CC3)cc21. The predicted molar refractivity (Wildman–Crippen MR) is 184 cm³/mol. The van der Waals surface area contributed by atoms with Gasteiger partial charge in [-0.15, -0.1) is 13.2 Å². The van der Waals surface area contributed by atoms with Crippen LogP contribution >= 0.6 is 23.2 Å². The van der Waals surface area contributed by atoms with Gasteiger partial charge in [-0.2, -0.15) is 13.2 Å². The number of piperidine rings is 1. The molecule has 5 rings (SSSR count). The molecular formula is C34H36Cl2F6N6O2. The van der Waals surface area contributed by atoms with Gasteiger partial charge in [0, 0.05) is 38.9 Å². The van der Waals surface area contributed by atoms with E-state index in [0.29, 0.717) is 44.9 Å². The molecule has 0 unspecified atom stereocenters. The van der Waals surface area contributed by atoms with Crippen LogP contribution in [0.25, 0.3) is 11.0 Å². The zero-order valence-electron chi connectivity index (χ0n) is 27.6. The molecule has 4 aromatic rings. The summed E-state index contributed by atoms with van der Waals surface area (Å²) in [5.41, 5.74) is 2.92. The number of rotatable bonds is 9. The second kappa shape index (κ2) is 14.4. The molecule has 0 saturated carbocycles. The Kier molecular flexibility index (Phi) is 10.8. The number of carbonyl (C=O) groups excluding carboxylic acids is 1. The number of aromatic nitrogens is 2. The second-order valence-electron chi connectivity index (χ2n) is 13.4. The Hall–Kier alpha value is -3.88. The van der Waals surface area contributed by atoms with Crippen LogP contribution in [0.3, 0.4) is 0 Å². The molecule has 1 saturated heterocycles. The lowest BCUT2D eigenvalue weighted by Crippen LogP contribution is -2.39. The van der Waals surface area contributed by atoms with Crippen molar-refractivity contribution in [3.8, 4) is 5.75 Å². The molecule has 1 amide bonds. The number of amides is 1. The van der Waals surface area contributed by atoms with Crippen molar-refractivity contribution >= 4 is 63.2 Å². The average molecular weight is 746 g/mol. The van der Waals surface area contributed by atoms with Crippen molar-refractivity contribution in [1.82, 2.24) is 14.9 Å². The minimum Gasteiger partial charge on any atom is -0.406 e.